The molecule has 0 bridgehead atoms. The number of ether oxygens (including phenoxy) is 2. The van der Waals surface area contributed by atoms with Crippen molar-refractivity contribution in [3.05, 3.63) is 52.2 Å². The number of likely N-dealkylation sites (tertiary alicyclic amines) is 2. The molecular formula is C26H33N3O3S2. The Kier molecular flexibility index (Phi) is 8.11. The molecule has 1 aromatic carbocycles. The number of carbonyl (C=O) groups excluding carboxylic acids is 1. The predicted molar refractivity (Wildman–Crippen MR) is 142 cm³/mol. The van der Waals surface area contributed by atoms with E-state index < -0.39 is 0 Å². The van der Waals surface area contributed by atoms with Crippen LogP contribution in [0.2, 0.25) is 0 Å². The van der Waals surface area contributed by atoms with Crippen molar-refractivity contribution in [2.24, 2.45) is 5.41 Å². The molecule has 6 nitrogen and oxygen atoms in total. The quantitative estimate of drug-likeness (QED) is 0.455. The average molecular weight is 500 g/mol. The third kappa shape index (κ3) is 5.91. The van der Waals surface area contributed by atoms with E-state index in [1.807, 2.05) is 39.9 Å². The van der Waals surface area contributed by atoms with Gasteiger partial charge in [-0.15, -0.1) is 0 Å². The maximum atomic E-state index is 12.6. The first kappa shape index (κ1) is 24.5. The lowest BCUT2D eigenvalue weighted by molar-refractivity contribution is -0.128. The van der Waals surface area contributed by atoms with Crippen molar-refractivity contribution in [2.75, 3.05) is 46.9 Å². The second-order valence-electron chi connectivity index (χ2n) is 9.06. The number of thiocarbonyl (C=S) groups is 1. The molecule has 4 rings (SSSR count). The maximum Gasteiger partial charge on any atom is 0.246 e. The van der Waals surface area contributed by atoms with Crippen LogP contribution in [-0.4, -0.2) is 67.8 Å². The van der Waals surface area contributed by atoms with Crippen molar-refractivity contribution in [3.63, 3.8) is 0 Å². The Morgan fingerprint density at radius 3 is 2.53 bits per heavy atom. The summed E-state index contributed by atoms with van der Waals surface area (Å²) in [6.45, 7) is 4.37. The highest BCUT2D eigenvalue weighted by atomic mass is 32.1. The van der Waals surface area contributed by atoms with Gasteiger partial charge in [-0.2, -0.15) is 11.3 Å². The van der Waals surface area contributed by atoms with Gasteiger partial charge in [-0.05, 0) is 89.5 Å². The molecule has 2 aliphatic heterocycles. The standard InChI is InChI=1S/C26H33N3O3S2/c1-31-22-5-3-20(17-23(22)32-2)7-12-27-25(33)29-15-11-26(19-29)9-13-28(14-10-26)24(30)6-4-21-8-16-34-18-21/h3-6,8,16-18H,7,9-15,19H2,1-2H3,(H,27,33). The number of hydrogen-bond acceptors (Lipinski definition) is 5. The summed E-state index contributed by atoms with van der Waals surface area (Å²) >= 11 is 7.35. The molecule has 2 fully saturated rings. The molecular weight excluding hydrogens is 466 g/mol. The first-order chi connectivity index (χ1) is 16.5. The van der Waals surface area contributed by atoms with Crippen molar-refractivity contribution < 1.29 is 14.3 Å². The summed E-state index contributed by atoms with van der Waals surface area (Å²) in [6, 6.07) is 8.03. The minimum Gasteiger partial charge on any atom is -0.493 e. The Hall–Kier alpha value is -2.58. The van der Waals surface area contributed by atoms with Crippen molar-refractivity contribution in [1.29, 1.82) is 0 Å². The normalized spacial score (nSPS) is 17.4. The van der Waals surface area contributed by atoms with Gasteiger partial charge in [0, 0.05) is 38.8 Å². The molecule has 2 saturated heterocycles. The molecule has 1 spiro atoms. The molecule has 0 aliphatic carbocycles. The fraction of sp³-hybridized carbons (Fsp3) is 0.462. The molecule has 182 valence electrons. The summed E-state index contributed by atoms with van der Waals surface area (Å²) < 4.78 is 10.7. The SMILES string of the molecule is COc1ccc(CCNC(=S)N2CCC3(CCN(C(=O)C=Cc4ccsc4)CC3)C2)cc1OC. The Morgan fingerprint density at radius 2 is 1.85 bits per heavy atom. The van der Waals surface area contributed by atoms with Crippen molar-refractivity contribution in [2.45, 2.75) is 25.7 Å². The van der Waals surface area contributed by atoms with Gasteiger partial charge in [0.1, 0.15) is 0 Å². The Bertz CT molecular complexity index is 1010. The van der Waals surface area contributed by atoms with Crippen LogP contribution in [0.5, 0.6) is 11.5 Å². The smallest absolute Gasteiger partial charge is 0.246 e. The molecule has 1 amide bonds. The highest BCUT2D eigenvalue weighted by Crippen LogP contribution is 2.40. The molecule has 0 unspecified atom stereocenters. The van der Waals surface area contributed by atoms with Gasteiger partial charge in [0.05, 0.1) is 14.2 Å². The second-order valence-corrected chi connectivity index (χ2v) is 10.2. The minimum absolute atomic E-state index is 0.114. The first-order valence-electron chi connectivity index (χ1n) is 11.7. The van der Waals surface area contributed by atoms with Gasteiger partial charge < -0.3 is 24.6 Å². The Morgan fingerprint density at radius 1 is 1.12 bits per heavy atom. The van der Waals surface area contributed by atoms with Crippen LogP contribution in [0.3, 0.4) is 0 Å². The van der Waals surface area contributed by atoms with Gasteiger partial charge >= 0.3 is 0 Å². The van der Waals surface area contributed by atoms with Crippen LogP contribution in [0, 0.1) is 5.41 Å². The van der Waals surface area contributed by atoms with Crippen LogP contribution in [0.15, 0.2) is 41.1 Å². The highest BCUT2D eigenvalue weighted by Gasteiger charge is 2.41. The molecule has 1 aromatic heterocycles. The van der Waals surface area contributed by atoms with E-state index in [-0.39, 0.29) is 11.3 Å². The van der Waals surface area contributed by atoms with Gasteiger partial charge in [-0.25, -0.2) is 0 Å². The third-order valence-corrected chi connectivity index (χ3v) is 8.06. The van der Waals surface area contributed by atoms with Crippen LogP contribution >= 0.6 is 23.6 Å². The number of nitrogens with zero attached hydrogens (tertiary/aromatic N) is 2. The number of piperidine rings is 1. The summed E-state index contributed by atoms with van der Waals surface area (Å²) in [5.74, 6) is 1.60. The van der Waals surface area contributed by atoms with E-state index in [9.17, 15) is 4.79 Å². The topological polar surface area (TPSA) is 54.0 Å². The molecule has 0 radical (unpaired) electrons. The van der Waals surface area contributed by atoms with E-state index in [1.165, 1.54) is 5.56 Å². The zero-order valence-electron chi connectivity index (χ0n) is 19.9. The van der Waals surface area contributed by atoms with E-state index in [0.717, 1.165) is 80.6 Å². The first-order valence-corrected chi connectivity index (χ1v) is 13.1. The molecule has 0 saturated carbocycles. The van der Waals surface area contributed by atoms with E-state index in [2.05, 4.69) is 16.3 Å². The van der Waals surface area contributed by atoms with Gasteiger partial charge in [0.15, 0.2) is 16.6 Å². The number of amides is 1. The summed E-state index contributed by atoms with van der Waals surface area (Å²) in [4.78, 5) is 16.9. The summed E-state index contributed by atoms with van der Waals surface area (Å²) in [5, 5.41) is 8.33. The monoisotopic (exact) mass is 499 g/mol. The minimum atomic E-state index is 0.114. The number of methoxy groups -OCH3 is 2. The van der Waals surface area contributed by atoms with Crippen LogP contribution in [0.1, 0.15) is 30.4 Å². The summed E-state index contributed by atoms with van der Waals surface area (Å²) in [6.07, 6.45) is 7.68. The zero-order valence-corrected chi connectivity index (χ0v) is 21.6. The lowest BCUT2D eigenvalue weighted by Gasteiger charge is -2.39. The van der Waals surface area contributed by atoms with Crippen LogP contribution < -0.4 is 14.8 Å². The Labute approximate surface area is 211 Å². The van der Waals surface area contributed by atoms with Crippen LogP contribution in [-0.2, 0) is 11.2 Å². The number of carbonyl (C=O) groups is 1. The van der Waals surface area contributed by atoms with E-state index >= 15 is 0 Å². The summed E-state index contributed by atoms with van der Waals surface area (Å²) in [5.41, 5.74) is 2.53. The average Bonchev–Trinajstić information content (AvgIpc) is 3.53. The lowest BCUT2D eigenvalue weighted by atomic mass is 9.78. The van der Waals surface area contributed by atoms with E-state index in [1.54, 1.807) is 31.6 Å². The zero-order chi connectivity index (χ0) is 24.0. The van der Waals surface area contributed by atoms with Gasteiger partial charge in [0.25, 0.3) is 0 Å². The molecule has 1 N–H and O–H groups in total. The maximum absolute atomic E-state index is 12.6. The third-order valence-electron chi connectivity index (χ3n) is 6.96. The largest absolute Gasteiger partial charge is 0.493 e. The van der Waals surface area contributed by atoms with Gasteiger partial charge in [0.2, 0.25) is 5.91 Å². The van der Waals surface area contributed by atoms with E-state index in [4.69, 9.17) is 21.7 Å². The van der Waals surface area contributed by atoms with Crippen molar-refractivity contribution >= 4 is 40.7 Å². The summed E-state index contributed by atoms with van der Waals surface area (Å²) in [7, 11) is 3.30. The Balaban J connectivity index is 1.21. The molecule has 8 heteroatoms. The molecule has 2 aliphatic rings. The second kappa shape index (κ2) is 11.2. The predicted octanol–water partition coefficient (Wildman–Crippen LogP) is 4.21. The number of hydrogen-bond donors (Lipinski definition) is 1. The molecule has 2 aromatic rings. The van der Waals surface area contributed by atoms with Crippen LogP contribution in [0.25, 0.3) is 6.08 Å². The number of thiophene rings is 1. The number of benzene rings is 1. The molecule has 34 heavy (non-hydrogen) atoms. The fourth-order valence-electron chi connectivity index (χ4n) is 4.82. The fourth-order valence-corrected chi connectivity index (χ4v) is 5.71. The van der Waals surface area contributed by atoms with Crippen LogP contribution in [0.4, 0.5) is 0 Å². The lowest BCUT2D eigenvalue weighted by Crippen LogP contribution is -2.45. The molecule has 3 heterocycles. The van der Waals surface area contributed by atoms with Gasteiger partial charge in [-0.3, -0.25) is 4.79 Å². The van der Waals surface area contributed by atoms with E-state index in [0.29, 0.717) is 0 Å². The van der Waals surface area contributed by atoms with Gasteiger partial charge in [-0.1, -0.05) is 6.07 Å². The van der Waals surface area contributed by atoms with Crippen molar-refractivity contribution in [1.82, 2.24) is 15.1 Å². The number of rotatable bonds is 7. The molecule has 0 atom stereocenters. The van der Waals surface area contributed by atoms with Crippen molar-refractivity contribution in [3.8, 4) is 11.5 Å². The number of nitrogens with one attached hydrogen (secondary N) is 1. The highest BCUT2D eigenvalue weighted by molar-refractivity contribution is 7.80.